The molecular weight excluding hydrogens is 312 g/mol. The Hall–Kier alpha value is -1.20. The molecule has 0 radical (unpaired) electrons. The highest BCUT2D eigenvalue weighted by Crippen LogP contribution is 2.30. The first-order chi connectivity index (χ1) is 11.0. The minimum Gasteiger partial charge on any atom is -0.297 e. The smallest absolute Gasteiger partial charge is 0.297 e. The first kappa shape index (κ1) is 18.1. The number of hydrogen-bond donors (Lipinski definition) is 0. The molecule has 1 fully saturated rings. The molecule has 5 heteroatoms. The van der Waals surface area contributed by atoms with Crippen LogP contribution in [0.4, 0.5) is 0 Å². The second kappa shape index (κ2) is 8.60. The SMILES string of the molecule is CCC(CC1CCCCC1)C(=O)COS(=O)(=O)c1ccccc1. The zero-order chi connectivity index (χ0) is 16.7. The summed E-state index contributed by atoms with van der Waals surface area (Å²) in [6.45, 7) is 1.62. The third kappa shape index (κ3) is 5.43. The fourth-order valence-corrected chi connectivity index (χ4v) is 4.16. The van der Waals surface area contributed by atoms with Gasteiger partial charge in [0.05, 0.1) is 4.90 Å². The highest BCUT2D eigenvalue weighted by atomic mass is 32.2. The first-order valence-corrected chi connectivity index (χ1v) is 9.91. The standard InChI is InChI=1S/C18H26O4S/c1-2-16(13-15-9-5-3-6-10-15)18(19)14-22-23(20,21)17-11-7-4-8-12-17/h4,7-8,11-12,15-16H,2-3,5-6,9-10,13-14H2,1H3. The van der Waals surface area contributed by atoms with Gasteiger partial charge in [0.15, 0.2) is 5.78 Å². The van der Waals surface area contributed by atoms with E-state index in [1.54, 1.807) is 18.2 Å². The van der Waals surface area contributed by atoms with Crippen LogP contribution in [-0.2, 0) is 19.1 Å². The second-order valence-electron chi connectivity index (χ2n) is 6.34. The molecule has 1 aliphatic carbocycles. The van der Waals surface area contributed by atoms with Crippen molar-refractivity contribution in [2.45, 2.75) is 56.8 Å². The van der Waals surface area contributed by atoms with Gasteiger partial charge in [-0.05, 0) is 30.9 Å². The Morgan fingerprint density at radius 3 is 2.43 bits per heavy atom. The third-order valence-corrected chi connectivity index (χ3v) is 5.96. The summed E-state index contributed by atoms with van der Waals surface area (Å²) >= 11 is 0. The van der Waals surface area contributed by atoms with Gasteiger partial charge in [-0.25, -0.2) is 0 Å². The van der Waals surface area contributed by atoms with E-state index in [0.29, 0.717) is 5.92 Å². The Kier molecular flexibility index (Phi) is 6.78. The molecule has 0 N–H and O–H groups in total. The van der Waals surface area contributed by atoms with Gasteiger partial charge in [-0.3, -0.25) is 8.98 Å². The maximum absolute atomic E-state index is 12.3. The molecule has 0 aromatic heterocycles. The fourth-order valence-electron chi connectivity index (χ4n) is 3.26. The van der Waals surface area contributed by atoms with E-state index < -0.39 is 10.1 Å². The summed E-state index contributed by atoms with van der Waals surface area (Å²) < 4.78 is 29.1. The molecule has 1 unspecified atom stereocenters. The number of ketones is 1. The summed E-state index contributed by atoms with van der Waals surface area (Å²) in [5.41, 5.74) is 0. The van der Waals surface area contributed by atoms with E-state index in [-0.39, 0.29) is 23.2 Å². The van der Waals surface area contributed by atoms with Crippen molar-refractivity contribution in [3.8, 4) is 0 Å². The largest absolute Gasteiger partial charge is 0.297 e. The van der Waals surface area contributed by atoms with Gasteiger partial charge >= 0.3 is 0 Å². The Morgan fingerprint density at radius 2 is 1.83 bits per heavy atom. The normalized spacial score (nSPS) is 17.8. The third-order valence-electron chi connectivity index (χ3n) is 4.68. The summed E-state index contributed by atoms with van der Waals surface area (Å²) in [6.07, 6.45) is 7.76. The molecule has 1 saturated carbocycles. The highest BCUT2D eigenvalue weighted by molar-refractivity contribution is 7.86. The van der Waals surface area contributed by atoms with Gasteiger partial charge in [-0.15, -0.1) is 0 Å². The molecule has 0 bridgehead atoms. The molecule has 1 aliphatic rings. The van der Waals surface area contributed by atoms with Crippen LogP contribution in [0.15, 0.2) is 35.2 Å². The van der Waals surface area contributed by atoms with Crippen LogP contribution in [0.1, 0.15) is 51.9 Å². The fraction of sp³-hybridized carbons (Fsp3) is 0.611. The zero-order valence-electron chi connectivity index (χ0n) is 13.7. The van der Waals surface area contributed by atoms with Crippen LogP contribution in [-0.4, -0.2) is 20.8 Å². The number of hydrogen-bond acceptors (Lipinski definition) is 4. The van der Waals surface area contributed by atoms with Crippen LogP contribution in [0, 0.1) is 11.8 Å². The van der Waals surface area contributed by atoms with Crippen molar-refractivity contribution in [3.63, 3.8) is 0 Å². The molecule has 1 aromatic carbocycles. The Morgan fingerprint density at radius 1 is 1.17 bits per heavy atom. The van der Waals surface area contributed by atoms with Gasteiger partial charge in [-0.2, -0.15) is 8.42 Å². The lowest BCUT2D eigenvalue weighted by Gasteiger charge is -2.25. The van der Waals surface area contributed by atoms with Gasteiger partial charge in [-0.1, -0.05) is 57.2 Å². The molecule has 1 aromatic rings. The van der Waals surface area contributed by atoms with Gasteiger partial charge in [0.25, 0.3) is 10.1 Å². The predicted octanol–water partition coefficient (Wildman–Crippen LogP) is 3.96. The predicted molar refractivity (Wildman–Crippen MR) is 89.6 cm³/mol. The van der Waals surface area contributed by atoms with Crippen molar-refractivity contribution >= 4 is 15.9 Å². The average Bonchev–Trinajstić information content (AvgIpc) is 2.59. The van der Waals surface area contributed by atoms with Crippen molar-refractivity contribution in [1.29, 1.82) is 0 Å². The molecule has 0 heterocycles. The summed E-state index contributed by atoms with van der Waals surface area (Å²) in [6, 6.07) is 7.95. The van der Waals surface area contributed by atoms with Gasteiger partial charge in [0.1, 0.15) is 6.61 Å². The highest BCUT2D eigenvalue weighted by Gasteiger charge is 2.25. The molecule has 0 spiro atoms. The molecule has 0 saturated heterocycles. The van der Waals surface area contributed by atoms with Crippen molar-refractivity contribution in [1.82, 2.24) is 0 Å². The van der Waals surface area contributed by atoms with Gasteiger partial charge in [0, 0.05) is 5.92 Å². The second-order valence-corrected chi connectivity index (χ2v) is 7.96. The maximum atomic E-state index is 12.3. The molecular formula is C18H26O4S. The molecule has 23 heavy (non-hydrogen) atoms. The van der Waals surface area contributed by atoms with Crippen molar-refractivity contribution in [2.24, 2.45) is 11.8 Å². The van der Waals surface area contributed by atoms with E-state index in [0.717, 1.165) is 12.8 Å². The van der Waals surface area contributed by atoms with E-state index in [2.05, 4.69) is 0 Å². The van der Waals surface area contributed by atoms with Gasteiger partial charge in [0.2, 0.25) is 0 Å². The molecule has 0 aliphatic heterocycles. The Bertz CT molecular complexity index is 589. The minimum absolute atomic E-state index is 0.0909. The summed E-state index contributed by atoms with van der Waals surface area (Å²) in [7, 11) is -3.85. The summed E-state index contributed by atoms with van der Waals surface area (Å²) in [5, 5.41) is 0. The Balaban J connectivity index is 1.89. The van der Waals surface area contributed by atoms with E-state index in [1.807, 2.05) is 6.92 Å². The van der Waals surface area contributed by atoms with E-state index >= 15 is 0 Å². The van der Waals surface area contributed by atoms with E-state index in [9.17, 15) is 13.2 Å². The summed E-state index contributed by atoms with van der Waals surface area (Å²) in [5.74, 6) is 0.407. The van der Waals surface area contributed by atoms with E-state index in [4.69, 9.17) is 4.18 Å². The number of carbonyl (C=O) groups is 1. The van der Waals surface area contributed by atoms with E-state index in [1.165, 1.54) is 44.2 Å². The lowest BCUT2D eigenvalue weighted by molar-refractivity contribution is -0.125. The van der Waals surface area contributed by atoms with Crippen LogP contribution in [0.25, 0.3) is 0 Å². The lowest BCUT2D eigenvalue weighted by atomic mass is 9.81. The Labute approximate surface area is 139 Å². The van der Waals surface area contributed by atoms with Crippen LogP contribution >= 0.6 is 0 Å². The molecule has 4 nitrogen and oxygen atoms in total. The minimum atomic E-state index is -3.85. The number of Topliss-reactive ketones (excluding diaryl/α,β-unsaturated/α-hetero) is 1. The van der Waals surface area contributed by atoms with Crippen LogP contribution in [0.3, 0.4) is 0 Å². The van der Waals surface area contributed by atoms with Crippen LogP contribution in [0.5, 0.6) is 0 Å². The maximum Gasteiger partial charge on any atom is 0.297 e. The average molecular weight is 338 g/mol. The van der Waals surface area contributed by atoms with Gasteiger partial charge < -0.3 is 0 Å². The van der Waals surface area contributed by atoms with Crippen LogP contribution in [0.2, 0.25) is 0 Å². The monoisotopic (exact) mass is 338 g/mol. The van der Waals surface area contributed by atoms with Crippen molar-refractivity contribution in [2.75, 3.05) is 6.61 Å². The topological polar surface area (TPSA) is 60.4 Å². The molecule has 2 rings (SSSR count). The van der Waals surface area contributed by atoms with Crippen molar-refractivity contribution < 1.29 is 17.4 Å². The van der Waals surface area contributed by atoms with Crippen LogP contribution < -0.4 is 0 Å². The molecule has 0 amide bonds. The molecule has 1 atom stereocenters. The summed E-state index contributed by atoms with van der Waals surface area (Å²) in [4.78, 5) is 12.4. The lowest BCUT2D eigenvalue weighted by Crippen LogP contribution is -2.24. The first-order valence-electron chi connectivity index (χ1n) is 8.50. The molecule has 128 valence electrons. The zero-order valence-corrected chi connectivity index (χ0v) is 14.6. The quantitative estimate of drug-likeness (QED) is 0.673. The number of rotatable bonds is 8. The van der Waals surface area contributed by atoms with Crippen molar-refractivity contribution in [3.05, 3.63) is 30.3 Å². The number of carbonyl (C=O) groups excluding carboxylic acids is 1. The number of benzene rings is 1.